The van der Waals surface area contributed by atoms with Crippen LogP contribution in [0.15, 0.2) is 68.6 Å². The van der Waals surface area contributed by atoms with Crippen LogP contribution in [0.5, 0.6) is 0 Å². The standard InChI is InChI=1S/C12H8N6S2/c13-17-15-9-3-1-5-11(7-9)19-20-12-6-2-4-10(8-12)16-18-14/h1-8H. The van der Waals surface area contributed by atoms with E-state index in [2.05, 4.69) is 20.1 Å². The molecule has 0 spiro atoms. The number of benzene rings is 2. The molecular formula is C12H8N6S2. The molecule has 0 radical (unpaired) electrons. The molecule has 6 nitrogen and oxygen atoms in total. The van der Waals surface area contributed by atoms with Crippen LogP contribution in [-0.2, 0) is 0 Å². The Hall–Kier alpha value is -2.24. The van der Waals surface area contributed by atoms with Gasteiger partial charge < -0.3 is 0 Å². The van der Waals surface area contributed by atoms with Gasteiger partial charge in [-0.05, 0) is 35.3 Å². The Labute approximate surface area is 122 Å². The van der Waals surface area contributed by atoms with Crippen molar-refractivity contribution in [2.45, 2.75) is 9.79 Å². The fourth-order valence-electron chi connectivity index (χ4n) is 1.39. The van der Waals surface area contributed by atoms with Gasteiger partial charge in [0.05, 0.1) is 0 Å². The smallest absolute Gasteiger partial charge is 0.0386 e. The highest BCUT2D eigenvalue weighted by Crippen LogP contribution is 2.39. The Morgan fingerprint density at radius 2 is 1.20 bits per heavy atom. The maximum atomic E-state index is 8.41. The summed E-state index contributed by atoms with van der Waals surface area (Å²) in [7, 11) is 3.08. The van der Waals surface area contributed by atoms with E-state index in [0.29, 0.717) is 11.4 Å². The van der Waals surface area contributed by atoms with Gasteiger partial charge in [0, 0.05) is 31.0 Å². The maximum absolute atomic E-state index is 8.41. The highest BCUT2D eigenvalue weighted by Gasteiger charge is 1.99. The number of hydrogen-bond acceptors (Lipinski definition) is 4. The minimum absolute atomic E-state index is 0.584. The van der Waals surface area contributed by atoms with Gasteiger partial charge in [-0.1, -0.05) is 56.1 Å². The van der Waals surface area contributed by atoms with Crippen molar-refractivity contribution in [2.24, 2.45) is 10.2 Å². The summed E-state index contributed by atoms with van der Waals surface area (Å²) in [6.45, 7) is 0. The molecule has 0 bridgehead atoms. The van der Waals surface area contributed by atoms with Gasteiger partial charge in [-0.3, -0.25) is 0 Å². The van der Waals surface area contributed by atoms with Crippen LogP contribution in [0.1, 0.15) is 0 Å². The van der Waals surface area contributed by atoms with E-state index >= 15 is 0 Å². The Morgan fingerprint density at radius 3 is 1.60 bits per heavy atom. The van der Waals surface area contributed by atoms with Gasteiger partial charge in [0.15, 0.2) is 0 Å². The predicted molar refractivity (Wildman–Crippen MR) is 82.2 cm³/mol. The van der Waals surface area contributed by atoms with Crippen LogP contribution in [-0.4, -0.2) is 0 Å². The fourth-order valence-corrected chi connectivity index (χ4v) is 3.39. The first-order valence-corrected chi connectivity index (χ1v) is 7.61. The number of azide groups is 2. The van der Waals surface area contributed by atoms with E-state index in [4.69, 9.17) is 11.1 Å². The van der Waals surface area contributed by atoms with E-state index in [-0.39, 0.29) is 0 Å². The first kappa shape index (κ1) is 14.2. The van der Waals surface area contributed by atoms with E-state index < -0.39 is 0 Å². The van der Waals surface area contributed by atoms with Crippen LogP contribution >= 0.6 is 21.6 Å². The first-order chi connectivity index (χ1) is 9.81. The molecule has 0 fully saturated rings. The zero-order valence-electron chi connectivity index (χ0n) is 10.1. The normalized spacial score (nSPS) is 9.40. The third-order valence-electron chi connectivity index (χ3n) is 2.19. The van der Waals surface area contributed by atoms with Crippen molar-refractivity contribution in [1.29, 1.82) is 0 Å². The van der Waals surface area contributed by atoms with Crippen molar-refractivity contribution >= 4 is 33.0 Å². The van der Waals surface area contributed by atoms with E-state index in [1.54, 1.807) is 12.1 Å². The Balaban J connectivity index is 2.08. The molecule has 0 aliphatic heterocycles. The summed E-state index contributed by atoms with van der Waals surface area (Å²) < 4.78 is 0. The second-order valence-corrected chi connectivity index (χ2v) is 5.82. The lowest BCUT2D eigenvalue weighted by Crippen LogP contribution is -1.70. The molecular weight excluding hydrogens is 292 g/mol. The van der Waals surface area contributed by atoms with Crippen molar-refractivity contribution in [3.63, 3.8) is 0 Å². The highest BCUT2D eigenvalue weighted by atomic mass is 33.1. The summed E-state index contributed by atoms with van der Waals surface area (Å²) in [4.78, 5) is 7.48. The lowest BCUT2D eigenvalue weighted by molar-refractivity contribution is 1.39. The molecule has 8 heteroatoms. The minimum Gasteiger partial charge on any atom is -0.0607 e. The largest absolute Gasteiger partial charge is 0.0607 e. The van der Waals surface area contributed by atoms with Gasteiger partial charge in [-0.25, -0.2) is 0 Å². The summed E-state index contributed by atoms with van der Waals surface area (Å²) in [5, 5.41) is 7.13. The monoisotopic (exact) mass is 300 g/mol. The third-order valence-corrected chi connectivity index (χ3v) is 4.57. The van der Waals surface area contributed by atoms with Crippen molar-refractivity contribution in [3.05, 3.63) is 69.4 Å². The van der Waals surface area contributed by atoms with Gasteiger partial charge in [0.2, 0.25) is 0 Å². The van der Waals surface area contributed by atoms with Crippen molar-refractivity contribution < 1.29 is 0 Å². The van der Waals surface area contributed by atoms with Crippen LogP contribution in [0.25, 0.3) is 20.9 Å². The molecule has 0 aliphatic carbocycles. The number of rotatable bonds is 5. The van der Waals surface area contributed by atoms with Crippen molar-refractivity contribution in [2.75, 3.05) is 0 Å². The molecule has 0 aromatic heterocycles. The molecule has 0 saturated carbocycles. The zero-order chi connectivity index (χ0) is 14.2. The molecule has 0 N–H and O–H groups in total. The highest BCUT2D eigenvalue weighted by molar-refractivity contribution is 8.76. The van der Waals surface area contributed by atoms with Crippen molar-refractivity contribution in [3.8, 4) is 0 Å². The number of hydrogen-bond donors (Lipinski definition) is 0. The Morgan fingerprint density at radius 1 is 0.750 bits per heavy atom. The molecule has 0 unspecified atom stereocenters. The summed E-state index contributed by atoms with van der Waals surface area (Å²) >= 11 is 0. The van der Waals surface area contributed by atoms with Gasteiger partial charge in [-0.2, -0.15) is 0 Å². The fraction of sp³-hybridized carbons (Fsp3) is 0. The summed E-state index contributed by atoms with van der Waals surface area (Å²) in [6.07, 6.45) is 0. The Bertz CT molecular complexity index is 643. The quantitative estimate of drug-likeness (QED) is 0.277. The lowest BCUT2D eigenvalue weighted by atomic mass is 10.3. The third kappa shape index (κ3) is 4.15. The summed E-state index contributed by atoms with van der Waals surface area (Å²) in [5.74, 6) is 0. The van der Waals surface area contributed by atoms with Crippen LogP contribution in [0.3, 0.4) is 0 Å². The van der Waals surface area contributed by atoms with E-state index in [1.807, 2.05) is 36.4 Å². The van der Waals surface area contributed by atoms with Gasteiger partial charge >= 0.3 is 0 Å². The van der Waals surface area contributed by atoms with E-state index in [1.165, 1.54) is 21.6 Å². The summed E-state index contributed by atoms with van der Waals surface area (Å²) in [5.41, 5.74) is 18.0. The van der Waals surface area contributed by atoms with Gasteiger partial charge in [0.1, 0.15) is 0 Å². The molecule has 0 atom stereocenters. The molecule has 2 aromatic rings. The van der Waals surface area contributed by atoms with Crippen LogP contribution in [0.4, 0.5) is 11.4 Å². The molecule has 2 aromatic carbocycles. The molecule has 98 valence electrons. The Kier molecular flexibility index (Phi) is 5.23. The van der Waals surface area contributed by atoms with Crippen molar-refractivity contribution in [1.82, 2.24) is 0 Å². The summed E-state index contributed by atoms with van der Waals surface area (Å²) in [6, 6.07) is 14.7. The number of nitrogens with zero attached hydrogens (tertiary/aromatic N) is 6. The molecule has 20 heavy (non-hydrogen) atoms. The average Bonchev–Trinajstić information content (AvgIpc) is 2.47. The predicted octanol–water partition coefficient (Wildman–Crippen LogP) is 6.37. The maximum Gasteiger partial charge on any atom is 0.0386 e. The lowest BCUT2D eigenvalue weighted by Gasteiger charge is -2.02. The second kappa shape index (κ2) is 7.37. The SMILES string of the molecule is [N-]=[N+]=Nc1cccc(SSc2cccc(N=[N+]=[N-])c2)c1. The van der Waals surface area contributed by atoms with Gasteiger partial charge in [-0.15, -0.1) is 0 Å². The second-order valence-electron chi connectivity index (χ2n) is 3.54. The first-order valence-electron chi connectivity index (χ1n) is 5.46. The molecule has 2 rings (SSSR count). The molecule has 0 saturated heterocycles. The topological polar surface area (TPSA) is 97.5 Å². The molecule has 0 amide bonds. The zero-order valence-corrected chi connectivity index (χ0v) is 11.8. The van der Waals surface area contributed by atoms with Crippen LogP contribution in [0.2, 0.25) is 0 Å². The van der Waals surface area contributed by atoms with E-state index in [9.17, 15) is 0 Å². The van der Waals surface area contributed by atoms with Crippen LogP contribution in [0, 0.1) is 0 Å². The molecule has 0 aliphatic rings. The average molecular weight is 300 g/mol. The van der Waals surface area contributed by atoms with E-state index in [0.717, 1.165) is 9.79 Å². The molecule has 0 heterocycles. The minimum atomic E-state index is 0.584. The van der Waals surface area contributed by atoms with Gasteiger partial charge in [0.25, 0.3) is 0 Å². The van der Waals surface area contributed by atoms with Crippen LogP contribution < -0.4 is 0 Å².